The van der Waals surface area contributed by atoms with E-state index in [1.165, 1.54) is 6.07 Å². The average Bonchev–Trinajstić information content (AvgIpc) is 2.19. The van der Waals surface area contributed by atoms with Crippen LogP contribution in [-0.2, 0) is 0 Å². The number of nitrogens with one attached hydrogen (secondary N) is 2. The molecule has 92 valence electrons. The van der Waals surface area contributed by atoms with E-state index in [2.05, 4.69) is 26.6 Å². The Morgan fingerprint density at radius 3 is 2.53 bits per heavy atom. The first-order valence-electron chi connectivity index (χ1n) is 5.01. The van der Waals surface area contributed by atoms with Crippen LogP contribution in [-0.4, -0.2) is 23.1 Å². The minimum absolute atomic E-state index is 0.0224. The second kappa shape index (κ2) is 5.67. The standard InChI is InChI=1S/C11H13BrN2O3/c1-6(2)13-11(17)14-9-7(10(15)16)4-3-5-8(9)12/h3-6H,1-2H3,(H,15,16)(H2,13,14,17). The molecule has 3 N–H and O–H groups in total. The number of hydrogen-bond acceptors (Lipinski definition) is 2. The normalized spacial score (nSPS) is 10.1. The first-order chi connectivity index (χ1) is 7.91. The first-order valence-corrected chi connectivity index (χ1v) is 5.80. The molecular formula is C11H13BrN2O3. The van der Waals surface area contributed by atoms with Gasteiger partial charge in [-0.25, -0.2) is 9.59 Å². The number of carboxylic acids is 1. The molecule has 0 fully saturated rings. The SMILES string of the molecule is CC(C)NC(=O)Nc1c(Br)cccc1C(=O)O. The van der Waals surface area contributed by atoms with Crippen LogP contribution in [0.25, 0.3) is 0 Å². The fourth-order valence-corrected chi connectivity index (χ4v) is 1.71. The van der Waals surface area contributed by atoms with Crippen molar-refractivity contribution >= 4 is 33.6 Å². The highest BCUT2D eigenvalue weighted by atomic mass is 79.9. The maximum Gasteiger partial charge on any atom is 0.337 e. The van der Waals surface area contributed by atoms with E-state index in [1.807, 2.05) is 13.8 Å². The average molecular weight is 301 g/mol. The smallest absolute Gasteiger partial charge is 0.337 e. The third-order valence-electron chi connectivity index (χ3n) is 1.90. The number of anilines is 1. The van der Waals surface area contributed by atoms with Crippen LogP contribution in [0.15, 0.2) is 22.7 Å². The lowest BCUT2D eigenvalue weighted by molar-refractivity contribution is 0.0698. The highest BCUT2D eigenvalue weighted by Gasteiger charge is 2.15. The molecule has 0 aliphatic rings. The minimum Gasteiger partial charge on any atom is -0.478 e. The van der Waals surface area contributed by atoms with Gasteiger partial charge < -0.3 is 15.7 Å². The third kappa shape index (κ3) is 3.74. The Hall–Kier alpha value is -1.56. The summed E-state index contributed by atoms with van der Waals surface area (Å²) in [4.78, 5) is 22.5. The van der Waals surface area contributed by atoms with Crippen LogP contribution in [0.3, 0.4) is 0 Å². The summed E-state index contributed by atoms with van der Waals surface area (Å²) in [6.45, 7) is 3.63. The van der Waals surface area contributed by atoms with Crippen LogP contribution in [0.4, 0.5) is 10.5 Å². The summed E-state index contributed by atoms with van der Waals surface area (Å²) < 4.78 is 0.524. The molecule has 0 radical (unpaired) electrons. The van der Waals surface area contributed by atoms with Crippen molar-refractivity contribution in [1.82, 2.24) is 5.32 Å². The molecule has 17 heavy (non-hydrogen) atoms. The van der Waals surface area contributed by atoms with Crippen molar-refractivity contribution in [2.45, 2.75) is 19.9 Å². The predicted molar refractivity (Wildman–Crippen MR) is 68.4 cm³/mol. The minimum atomic E-state index is -1.09. The van der Waals surface area contributed by atoms with E-state index in [9.17, 15) is 9.59 Å². The van der Waals surface area contributed by atoms with E-state index in [1.54, 1.807) is 12.1 Å². The zero-order valence-corrected chi connectivity index (χ0v) is 11.0. The number of carbonyl (C=O) groups is 2. The van der Waals surface area contributed by atoms with Crippen molar-refractivity contribution in [3.63, 3.8) is 0 Å². The number of halogens is 1. The Balaban J connectivity index is 2.97. The summed E-state index contributed by atoms with van der Waals surface area (Å²) in [5.41, 5.74) is 0.288. The molecule has 2 amide bonds. The maximum absolute atomic E-state index is 11.5. The first kappa shape index (κ1) is 13.5. The number of carbonyl (C=O) groups excluding carboxylic acids is 1. The van der Waals surface area contributed by atoms with Gasteiger partial charge in [0, 0.05) is 10.5 Å². The van der Waals surface area contributed by atoms with Crippen LogP contribution in [0.5, 0.6) is 0 Å². The van der Waals surface area contributed by atoms with Crippen LogP contribution in [0, 0.1) is 0 Å². The van der Waals surface area contributed by atoms with Gasteiger partial charge in [-0.3, -0.25) is 0 Å². The van der Waals surface area contributed by atoms with Gasteiger partial charge in [-0.15, -0.1) is 0 Å². The number of aromatic carboxylic acids is 1. The van der Waals surface area contributed by atoms with Crippen molar-refractivity contribution in [1.29, 1.82) is 0 Å². The van der Waals surface area contributed by atoms with Crippen LogP contribution >= 0.6 is 15.9 Å². The van der Waals surface area contributed by atoms with Gasteiger partial charge >= 0.3 is 12.0 Å². The lowest BCUT2D eigenvalue weighted by Gasteiger charge is -2.13. The molecule has 0 unspecified atom stereocenters. The molecule has 0 atom stereocenters. The van der Waals surface area contributed by atoms with Crippen LogP contribution < -0.4 is 10.6 Å². The molecule has 0 aromatic heterocycles. The van der Waals surface area contributed by atoms with E-state index in [-0.39, 0.29) is 17.3 Å². The van der Waals surface area contributed by atoms with Crippen molar-refractivity contribution < 1.29 is 14.7 Å². The molecule has 0 heterocycles. The molecule has 5 nitrogen and oxygen atoms in total. The molecule has 0 saturated heterocycles. The van der Waals surface area contributed by atoms with E-state index in [4.69, 9.17) is 5.11 Å². The fourth-order valence-electron chi connectivity index (χ4n) is 1.24. The van der Waals surface area contributed by atoms with E-state index < -0.39 is 12.0 Å². The third-order valence-corrected chi connectivity index (χ3v) is 2.56. The second-order valence-electron chi connectivity index (χ2n) is 3.72. The van der Waals surface area contributed by atoms with E-state index >= 15 is 0 Å². The number of rotatable bonds is 3. The second-order valence-corrected chi connectivity index (χ2v) is 4.58. The molecule has 1 aromatic carbocycles. The number of para-hydroxylation sites is 1. The zero-order valence-electron chi connectivity index (χ0n) is 9.45. The van der Waals surface area contributed by atoms with Gasteiger partial charge in [0.25, 0.3) is 0 Å². The molecule has 6 heteroatoms. The lowest BCUT2D eigenvalue weighted by Crippen LogP contribution is -2.34. The lowest BCUT2D eigenvalue weighted by atomic mass is 10.2. The largest absolute Gasteiger partial charge is 0.478 e. The summed E-state index contributed by atoms with van der Waals surface area (Å²) in [5.74, 6) is -1.09. The Morgan fingerprint density at radius 1 is 1.35 bits per heavy atom. The quantitative estimate of drug-likeness (QED) is 0.803. The van der Waals surface area contributed by atoms with Gasteiger partial charge in [-0.05, 0) is 41.9 Å². The van der Waals surface area contributed by atoms with Gasteiger partial charge in [0.15, 0.2) is 0 Å². The summed E-state index contributed by atoms with van der Waals surface area (Å²) in [6.07, 6.45) is 0. The predicted octanol–water partition coefficient (Wildman–Crippen LogP) is 2.68. The van der Waals surface area contributed by atoms with E-state index in [0.717, 1.165) is 0 Å². The Bertz CT molecular complexity index is 446. The number of urea groups is 1. The van der Waals surface area contributed by atoms with E-state index in [0.29, 0.717) is 4.47 Å². The molecule has 0 spiro atoms. The monoisotopic (exact) mass is 300 g/mol. The highest BCUT2D eigenvalue weighted by molar-refractivity contribution is 9.10. The van der Waals surface area contributed by atoms with Crippen molar-refractivity contribution in [2.24, 2.45) is 0 Å². The van der Waals surface area contributed by atoms with Gasteiger partial charge in [-0.2, -0.15) is 0 Å². The van der Waals surface area contributed by atoms with Crippen molar-refractivity contribution in [3.05, 3.63) is 28.2 Å². The maximum atomic E-state index is 11.5. The van der Waals surface area contributed by atoms with Crippen molar-refractivity contribution in [3.8, 4) is 0 Å². The molecular weight excluding hydrogens is 288 g/mol. The topological polar surface area (TPSA) is 78.4 Å². The number of benzene rings is 1. The summed E-state index contributed by atoms with van der Waals surface area (Å²) in [7, 11) is 0. The van der Waals surface area contributed by atoms with Gasteiger partial charge in [0.1, 0.15) is 0 Å². The van der Waals surface area contributed by atoms with Crippen LogP contribution in [0.1, 0.15) is 24.2 Å². The van der Waals surface area contributed by atoms with Crippen LogP contribution in [0.2, 0.25) is 0 Å². The Morgan fingerprint density at radius 2 is 2.00 bits per heavy atom. The van der Waals surface area contributed by atoms with Crippen molar-refractivity contribution in [2.75, 3.05) is 5.32 Å². The number of amides is 2. The molecule has 0 bridgehead atoms. The Kier molecular flexibility index (Phi) is 4.51. The highest BCUT2D eigenvalue weighted by Crippen LogP contribution is 2.26. The summed E-state index contributed by atoms with van der Waals surface area (Å²) in [6, 6.07) is 4.23. The number of hydrogen-bond donors (Lipinski definition) is 3. The van der Waals surface area contributed by atoms with Gasteiger partial charge in [0.05, 0.1) is 11.3 Å². The number of carboxylic acid groups (broad SMARTS) is 1. The molecule has 0 saturated carbocycles. The zero-order chi connectivity index (χ0) is 13.0. The van der Waals surface area contributed by atoms with Gasteiger partial charge in [-0.1, -0.05) is 6.07 Å². The fraction of sp³-hybridized carbons (Fsp3) is 0.273. The molecule has 0 aliphatic carbocycles. The molecule has 0 aliphatic heterocycles. The summed E-state index contributed by atoms with van der Waals surface area (Å²) >= 11 is 3.20. The summed E-state index contributed by atoms with van der Waals surface area (Å²) in [5, 5.41) is 14.1. The molecule has 1 rings (SSSR count). The van der Waals surface area contributed by atoms with Gasteiger partial charge in [0.2, 0.25) is 0 Å². The molecule has 1 aromatic rings. The Labute approximate surface area is 107 Å².